The first-order valence-electron chi connectivity index (χ1n) is 13.0. The van der Waals surface area contributed by atoms with E-state index in [4.69, 9.17) is 30.9 Å². The predicted molar refractivity (Wildman–Crippen MR) is 158 cm³/mol. The molecular weight excluding hydrogens is 586 g/mol. The number of carboxylic acid groups (broad SMARTS) is 1. The number of carboxylic acids is 1. The third kappa shape index (κ3) is 7.01. The highest BCUT2D eigenvalue weighted by Gasteiger charge is 2.40. The number of methoxy groups -OCH3 is 2. The number of aliphatic hydroxyl groups is 1. The number of nitrogens with zero attached hydrogens (tertiary/aromatic N) is 2. The van der Waals surface area contributed by atoms with Gasteiger partial charge < -0.3 is 34.6 Å². The first-order valence-corrected chi connectivity index (χ1v) is 14.3. The molecule has 1 aliphatic heterocycles. The average Bonchev–Trinajstić information content (AvgIpc) is 3.34. The van der Waals surface area contributed by atoms with Crippen LogP contribution in [0.5, 0.6) is 11.5 Å². The number of carbonyl (C=O) groups is 3. The summed E-state index contributed by atoms with van der Waals surface area (Å²) in [5.41, 5.74) is 1.26. The van der Waals surface area contributed by atoms with Gasteiger partial charge in [0.05, 0.1) is 32.8 Å². The number of thiazole rings is 1. The number of para-hydroxylation sites is 1. The van der Waals surface area contributed by atoms with Crippen LogP contribution in [0.2, 0.25) is 5.02 Å². The summed E-state index contributed by atoms with van der Waals surface area (Å²) >= 11 is 7.52. The van der Waals surface area contributed by atoms with Gasteiger partial charge in [0.15, 0.2) is 16.6 Å². The number of aromatic nitrogens is 1. The Morgan fingerprint density at radius 2 is 1.95 bits per heavy atom. The Bertz CT molecular complexity index is 1480. The van der Waals surface area contributed by atoms with E-state index in [9.17, 15) is 19.5 Å². The minimum Gasteiger partial charge on any atom is -0.493 e. The number of carbonyl (C=O) groups excluding carboxylic acids is 2. The molecule has 3 N–H and O–H groups in total. The van der Waals surface area contributed by atoms with E-state index in [0.717, 1.165) is 11.3 Å². The molecular formula is C29H32ClN3O8S. The summed E-state index contributed by atoms with van der Waals surface area (Å²) < 4.78 is 17.7. The van der Waals surface area contributed by atoms with Gasteiger partial charge in [-0.15, -0.1) is 11.3 Å². The van der Waals surface area contributed by atoms with Crippen molar-refractivity contribution in [3.8, 4) is 11.5 Å². The third-order valence-corrected chi connectivity index (χ3v) is 7.68. The summed E-state index contributed by atoms with van der Waals surface area (Å²) in [6.45, 7) is 3.58. The van der Waals surface area contributed by atoms with Crippen molar-refractivity contribution in [1.29, 1.82) is 0 Å². The molecule has 1 aliphatic rings. The first kappa shape index (κ1) is 31.2. The van der Waals surface area contributed by atoms with Gasteiger partial charge in [0.1, 0.15) is 12.2 Å². The van der Waals surface area contributed by atoms with Crippen molar-refractivity contribution in [2.75, 3.05) is 37.6 Å². The summed E-state index contributed by atoms with van der Waals surface area (Å²) in [6.07, 6.45) is -2.80. The summed E-state index contributed by atoms with van der Waals surface area (Å²) in [7, 11) is 3.01. The fraction of sp³-hybridized carbons (Fsp3) is 0.379. The van der Waals surface area contributed by atoms with Crippen LogP contribution in [-0.4, -0.2) is 66.5 Å². The van der Waals surface area contributed by atoms with Crippen LogP contribution in [0.25, 0.3) is 0 Å². The van der Waals surface area contributed by atoms with Crippen LogP contribution in [0, 0.1) is 5.41 Å². The van der Waals surface area contributed by atoms with E-state index in [1.165, 1.54) is 19.1 Å². The molecule has 2 heterocycles. The molecule has 2 aromatic carbocycles. The van der Waals surface area contributed by atoms with E-state index in [2.05, 4.69) is 10.3 Å². The van der Waals surface area contributed by atoms with Crippen molar-refractivity contribution in [3.05, 3.63) is 63.6 Å². The largest absolute Gasteiger partial charge is 0.493 e. The van der Waals surface area contributed by atoms with Gasteiger partial charge in [0.25, 0.3) is 5.91 Å². The lowest BCUT2D eigenvalue weighted by Crippen LogP contribution is -2.46. The number of aliphatic carboxylic acids is 1. The highest BCUT2D eigenvalue weighted by Crippen LogP contribution is 2.45. The van der Waals surface area contributed by atoms with Gasteiger partial charge in [-0.3, -0.25) is 14.4 Å². The molecule has 224 valence electrons. The highest BCUT2D eigenvalue weighted by molar-refractivity contribution is 7.13. The Hall–Kier alpha value is -3.71. The van der Waals surface area contributed by atoms with Gasteiger partial charge in [-0.25, -0.2) is 4.98 Å². The van der Waals surface area contributed by atoms with Crippen LogP contribution < -0.4 is 19.7 Å². The predicted octanol–water partition coefficient (Wildman–Crippen LogP) is 4.31. The number of nitrogens with one attached hydrogen (secondary N) is 1. The molecule has 0 aliphatic carbocycles. The van der Waals surface area contributed by atoms with Gasteiger partial charge in [-0.1, -0.05) is 37.6 Å². The first-order chi connectivity index (χ1) is 20.0. The summed E-state index contributed by atoms with van der Waals surface area (Å²) in [6, 6.07) is 10.4. The van der Waals surface area contributed by atoms with Crippen molar-refractivity contribution in [2.24, 2.45) is 5.41 Å². The second-order valence-electron chi connectivity index (χ2n) is 10.5. The topological polar surface area (TPSA) is 148 Å². The fourth-order valence-electron chi connectivity index (χ4n) is 4.64. The zero-order chi connectivity index (χ0) is 30.6. The van der Waals surface area contributed by atoms with Crippen LogP contribution in [0.1, 0.15) is 43.2 Å². The van der Waals surface area contributed by atoms with E-state index in [1.807, 2.05) is 13.8 Å². The minimum atomic E-state index is -1.26. The van der Waals surface area contributed by atoms with Gasteiger partial charge in [0.2, 0.25) is 5.91 Å². The molecule has 0 fully saturated rings. The maximum absolute atomic E-state index is 14.1. The Kier molecular flexibility index (Phi) is 9.72. The number of benzene rings is 2. The summed E-state index contributed by atoms with van der Waals surface area (Å²) in [5, 5.41) is 23.8. The molecule has 0 saturated heterocycles. The number of halogens is 1. The number of anilines is 2. The Morgan fingerprint density at radius 1 is 1.19 bits per heavy atom. The number of fused-ring (bicyclic) bond motifs is 1. The Balaban J connectivity index is 1.77. The van der Waals surface area contributed by atoms with Crippen molar-refractivity contribution < 1.29 is 38.8 Å². The zero-order valence-electron chi connectivity index (χ0n) is 23.5. The summed E-state index contributed by atoms with van der Waals surface area (Å²) in [5.74, 6) is -1.23. The van der Waals surface area contributed by atoms with Crippen LogP contribution in [0.3, 0.4) is 0 Å². The van der Waals surface area contributed by atoms with Crippen LogP contribution in [-0.2, 0) is 25.5 Å². The molecule has 3 aromatic rings. The number of amides is 2. The van der Waals surface area contributed by atoms with Crippen LogP contribution >= 0.6 is 22.9 Å². The minimum absolute atomic E-state index is 0.130. The average molecular weight is 618 g/mol. The number of ether oxygens (including phenoxy) is 3. The Morgan fingerprint density at radius 3 is 2.62 bits per heavy atom. The second kappa shape index (κ2) is 13.1. The molecule has 0 spiro atoms. The smallest absolute Gasteiger partial charge is 0.309 e. The van der Waals surface area contributed by atoms with Crippen LogP contribution in [0.15, 0.2) is 41.8 Å². The molecule has 2 atom stereocenters. The number of aliphatic hydroxyl groups excluding tert-OH is 1. The molecule has 13 heteroatoms. The van der Waals surface area contributed by atoms with E-state index >= 15 is 0 Å². The van der Waals surface area contributed by atoms with Crippen molar-refractivity contribution in [2.45, 2.75) is 38.9 Å². The van der Waals surface area contributed by atoms with Crippen molar-refractivity contribution in [1.82, 2.24) is 4.98 Å². The standard InChI is InChI=1S/C29H32ClN3O8S/c1-29(2,15-34)14-33-20-9-8-16(30)10-19(20)25(18-6-5-7-21(39-3)26(18)40-4)41-22(27(33)38)12-23(35)32-28-31-17(13-42-28)11-24(36)37/h5-10,13,22,25,34H,11-12,14-15H2,1-4H3,(H,36,37)(H,31,32,35)/t22-,25-/m1/s1. The lowest BCUT2D eigenvalue weighted by molar-refractivity contribution is -0.136. The highest BCUT2D eigenvalue weighted by atomic mass is 35.5. The normalized spacial score (nSPS) is 16.9. The molecule has 11 nitrogen and oxygen atoms in total. The molecule has 0 unspecified atom stereocenters. The van der Waals surface area contributed by atoms with Crippen LogP contribution in [0.4, 0.5) is 10.8 Å². The maximum atomic E-state index is 14.1. The van der Waals surface area contributed by atoms with E-state index in [1.54, 1.807) is 41.8 Å². The quantitative estimate of drug-likeness (QED) is 0.286. The molecule has 0 saturated carbocycles. The van der Waals surface area contributed by atoms with Crippen molar-refractivity contribution in [3.63, 3.8) is 0 Å². The molecule has 4 rings (SSSR count). The van der Waals surface area contributed by atoms with E-state index in [0.29, 0.717) is 39.0 Å². The molecule has 42 heavy (non-hydrogen) atoms. The zero-order valence-corrected chi connectivity index (χ0v) is 25.1. The van der Waals surface area contributed by atoms with Gasteiger partial charge in [-0.2, -0.15) is 0 Å². The lowest BCUT2D eigenvalue weighted by Gasteiger charge is -2.32. The van der Waals surface area contributed by atoms with Gasteiger partial charge in [-0.05, 0) is 24.3 Å². The number of hydrogen-bond acceptors (Lipinski definition) is 9. The van der Waals surface area contributed by atoms with E-state index in [-0.39, 0.29) is 31.1 Å². The lowest BCUT2D eigenvalue weighted by atomic mass is 9.92. The van der Waals surface area contributed by atoms with Gasteiger partial charge >= 0.3 is 5.97 Å². The summed E-state index contributed by atoms with van der Waals surface area (Å²) in [4.78, 5) is 44.0. The fourth-order valence-corrected chi connectivity index (χ4v) is 5.55. The Labute approximate surface area is 252 Å². The molecule has 1 aromatic heterocycles. The molecule has 0 radical (unpaired) electrons. The second-order valence-corrected chi connectivity index (χ2v) is 11.8. The monoisotopic (exact) mass is 617 g/mol. The SMILES string of the molecule is COc1cccc([C@H]2O[C@H](CC(=O)Nc3nc(CC(=O)O)cs3)C(=O)N(CC(C)(C)CO)c3ccc(Cl)cc32)c1OC. The molecule has 0 bridgehead atoms. The van der Waals surface area contributed by atoms with Crippen molar-refractivity contribution >= 4 is 51.5 Å². The van der Waals surface area contributed by atoms with Gasteiger partial charge in [0, 0.05) is 45.8 Å². The maximum Gasteiger partial charge on any atom is 0.309 e. The third-order valence-electron chi connectivity index (χ3n) is 6.64. The number of hydrogen-bond donors (Lipinski definition) is 3. The van der Waals surface area contributed by atoms with E-state index < -0.39 is 35.4 Å². The number of rotatable bonds is 11. The molecule has 2 amide bonds.